The number of carbonyl (C=O) groups excluding carboxylic acids is 1. The molecule has 0 aromatic carbocycles. The second-order valence-corrected chi connectivity index (χ2v) is 7.25. The molecule has 0 spiro atoms. The Kier molecular flexibility index (Phi) is 6.23. The fourth-order valence-corrected chi connectivity index (χ4v) is 3.77. The Bertz CT molecular complexity index is 491. The minimum atomic E-state index is -0.532. The molecule has 5 nitrogen and oxygen atoms in total. The number of urea groups is 1. The van der Waals surface area contributed by atoms with Crippen molar-refractivity contribution in [2.75, 3.05) is 26.2 Å². The number of nitrogens with zero attached hydrogens (tertiary/aromatic N) is 1. The molecular weight excluding hydrogens is 298 g/mol. The van der Waals surface area contributed by atoms with Gasteiger partial charge in [-0.25, -0.2) is 4.79 Å². The summed E-state index contributed by atoms with van der Waals surface area (Å²) in [4.78, 5) is 15.8. The molecule has 6 heteroatoms. The summed E-state index contributed by atoms with van der Waals surface area (Å²) in [5, 5.41) is 17.3. The number of thiophene rings is 1. The number of hydrogen-bond acceptors (Lipinski definition) is 4. The molecule has 1 aliphatic heterocycles. The Morgan fingerprint density at radius 1 is 1.55 bits per heavy atom. The molecule has 1 aromatic rings. The van der Waals surface area contributed by atoms with Crippen molar-refractivity contribution in [2.45, 2.75) is 45.2 Å². The molecule has 1 atom stereocenters. The third-order valence-electron chi connectivity index (χ3n) is 4.17. The van der Waals surface area contributed by atoms with Gasteiger partial charge in [0.25, 0.3) is 0 Å². The minimum absolute atomic E-state index is 0.0404. The molecule has 0 radical (unpaired) electrons. The van der Waals surface area contributed by atoms with E-state index in [4.69, 9.17) is 0 Å². The van der Waals surface area contributed by atoms with Gasteiger partial charge in [0.2, 0.25) is 0 Å². The summed E-state index contributed by atoms with van der Waals surface area (Å²) in [5.74, 6) is 0. The largest absolute Gasteiger partial charge is 0.394 e. The van der Waals surface area contributed by atoms with E-state index < -0.39 is 5.54 Å². The molecule has 0 saturated carbocycles. The molecule has 0 bridgehead atoms. The van der Waals surface area contributed by atoms with Crippen LogP contribution in [0.5, 0.6) is 0 Å². The molecule has 0 saturated heterocycles. The van der Waals surface area contributed by atoms with Gasteiger partial charge in [0.05, 0.1) is 12.1 Å². The van der Waals surface area contributed by atoms with Gasteiger partial charge in [-0.1, -0.05) is 13.3 Å². The predicted molar refractivity (Wildman–Crippen MR) is 90.2 cm³/mol. The monoisotopic (exact) mass is 325 g/mol. The average molecular weight is 325 g/mol. The van der Waals surface area contributed by atoms with Crippen molar-refractivity contribution >= 4 is 17.4 Å². The Labute approximate surface area is 136 Å². The van der Waals surface area contributed by atoms with Crippen molar-refractivity contribution in [3.63, 3.8) is 0 Å². The third-order valence-corrected chi connectivity index (χ3v) is 5.19. The maximum atomic E-state index is 11.9. The molecule has 1 aliphatic rings. The standard InChI is InChI=1S/C16H27N3O2S/c1-3-6-16(2,12-20)18-15(21)17-7-9-19-8-4-14-13(11-19)5-10-22-14/h5,10,20H,3-4,6-9,11-12H2,1-2H3,(H2,17,18,21). The molecule has 3 N–H and O–H groups in total. The Hall–Kier alpha value is -1.11. The third kappa shape index (κ3) is 4.69. The molecule has 0 aliphatic carbocycles. The fourth-order valence-electron chi connectivity index (χ4n) is 2.88. The molecule has 2 rings (SSSR count). The zero-order chi connectivity index (χ0) is 16.0. The summed E-state index contributed by atoms with van der Waals surface area (Å²) in [6.07, 6.45) is 2.80. The zero-order valence-electron chi connectivity index (χ0n) is 13.5. The normalized spacial score (nSPS) is 17.6. The lowest BCUT2D eigenvalue weighted by molar-refractivity contribution is 0.162. The highest BCUT2D eigenvalue weighted by molar-refractivity contribution is 7.10. The van der Waals surface area contributed by atoms with Crippen molar-refractivity contribution in [3.05, 3.63) is 21.9 Å². The number of rotatable bonds is 7. The molecule has 124 valence electrons. The van der Waals surface area contributed by atoms with E-state index in [1.54, 1.807) is 0 Å². The van der Waals surface area contributed by atoms with Crippen molar-refractivity contribution in [2.24, 2.45) is 0 Å². The van der Waals surface area contributed by atoms with Crippen LogP contribution in [0.15, 0.2) is 11.4 Å². The second kappa shape index (κ2) is 7.94. The van der Waals surface area contributed by atoms with Crippen molar-refractivity contribution in [1.29, 1.82) is 0 Å². The predicted octanol–water partition coefficient (Wildman–Crippen LogP) is 1.96. The highest BCUT2D eigenvalue weighted by atomic mass is 32.1. The van der Waals surface area contributed by atoms with Crippen LogP contribution in [-0.4, -0.2) is 47.8 Å². The fraction of sp³-hybridized carbons (Fsp3) is 0.688. The van der Waals surface area contributed by atoms with Gasteiger partial charge in [-0.2, -0.15) is 0 Å². The van der Waals surface area contributed by atoms with Gasteiger partial charge >= 0.3 is 6.03 Å². The van der Waals surface area contributed by atoms with Crippen LogP contribution in [0.3, 0.4) is 0 Å². The van der Waals surface area contributed by atoms with Crippen LogP contribution in [0.2, 0.25) is 0 Å². The van der Waals surface area contributed by atoms with Gasteiger partial charge in [-0.15, -0.1) is 11.3 Å². The number of aliphatic hydroxyl groups excluding tert-OH is 1. The van der Waals surface area contributed by atoms with E-state index in [1.807, 2.05) is 25.2 Å². The smallest absolute Gasteiger partial charge is 0.315 e. The van der Waals surface area contributed by atoms with Crippen LogP contribution in [0.4, 0.5) is 4.79 Å². The Morgan fingerprint density at radius 3 is 3.09 bits per heavy atom. The summed E-state index contributed by atoms with van der Waals surface area (Å²) in [7, 11) is 0. The molecule has 2 amide bonds. The molecular formula is C16H27N3O2S. The quantitative estimate of drug-likeness (QED) is 0.718. The first-order valence-corrected chi connectivity index (χ1v) is 8.89. The number of amides is 2. The lowest BCUT2D eigenvalue weighted by Crippen LogP contribution is -2.53. The number of nitrogens with one attached hydrogen (secondary N) is 2. The lowest BCUT2D eigenvalue weighted by Gasteiger charge is -2.29. The zero-order valence-corrected chi connectivity index (χ0v) is 14.3. The number of hydrogen-bond donors (Lipinski definition) is 3. The van der Waals surface area contributed by atoms with E-state index in [2.05, 4.69) is 27.0 Å². The van der Waals surface area contributed by atoms with Crippen LogP contribution >= 0.6 is 11.3 Å². The molecule has 22 heavy (non-hydrogen) atoms. The lowest BCUT2D eigenvalue weighted by atomic mass is 9.98. The number of carbonyl (C=O) groups is 1. The molecule has 1 aromatic heterocycles. The molecule has 2 heterocycles. The topological polar surface area (TPSA) is 64.6 Å². The van der Waals surface area contributed by atoms with E-state index in [1.165, 1.54) is 10.4 Å². The Balaban J connectivity index is 1.69. The van der Waals surface area contributed by atoms with Crippen LogP contribution in [-0.2, 0) is 13.0 Å². The highest BCUT2D eigenvalue weighted by Gasteiger charge is 2.24. The highest BCUT2D eigenvalue weighted by Crippen LogP contribution is 2.23. The van der Waals surface area contributed by atoms with E-state index in [-0.39, 0.29) is 12.6 Å². The van der Waals surface area contributed by atoms with Gasteiger partial charge in [-0.05, 0) is 36.8 Å². The van der Waals surface area contributed by atoms with Crippen molar-refractivity contribution < 1.29 is 9.90 Å². The maximum absolute atomic E-state index is 11.9. The average Bonchev–Trinajstić information content (AvgIpc) is 2.95. The van der Waals surface area contributed by atoms with E-state index in [9.17, 15) is 9.90 Å². The maximum Gasteiger partial charge on any atom is 0.315 e. The summed E-state index contributed by atoms with van der Waals surface area (Å²) in [5.41, 5.74) is 0.895. The van der Waals surface area contributed by atoms with E-state index >= 15 is 0 Å². The van der Waals surface area contributed by atoms with Gasteiger partial charge in [0.1, 0.15) is 0 Å². The van der Waals surface area contributed by atoms with Gasteiger partial charge in [-0.3, -0.25) is 4.90 Å². The van der Waals surface area contributed by atoms with Gasteiger partial charge in [0.15, 0.2) is 0 Å². The van der Waals surface area contributed by atoms with Crippen molar-refractivity contribution in [1.82, 2.24) is 15.5 Å². The summed E-state index contributed by atoms with van der Waals surface area (Å²) < 4.78 is 0. The Morgan fingerprint density at radius 2 is 2.36 bits per heavy atom. The summed E-state index contributed by atoms with van der Waals surface area (Å²) in [6, 6.07) is 2.00. The number of fused-ring (bicyclic) bond motifs is 1. The first kappa shape index (κ1) is 17.2. The van der Waals surface area contributed by atoms with Crippen LogP contribution in [0, 0.1) is 0 Å². The van der Waals surface area contributed by atoms with Crippen LogP contribution in [0.25, 0.3) is 0 Å². The van der Waals surface area contributed by atoms with Crippen LogP contribution < -0.4 is 10.6 Å². The summed E-state index contributed by atoms with van der Waals surface area (Å²) in [6.45, 7) is 7.39. The van der Waals surface area contributed by atoms with E-state index in [0.717, 1.165) is 38.9 Å². The SMILES string of the molecule is CCCC(C)(CO)NC(=O)NCCN1CCc2sccc2C1. The first-order chi connectivity index (χ1) is 10.6. The van der Waals surface area contributed by atoms with Gasteiger partial charge in [0, 0.05) is 31.1 Å². The number of aliphatic hydroxyl groups is 1. The molecule has 0 fully saturated rings. The molecule has 1 unspecified atom stereocenters. The second-order valence-electron chi connectivity index (χ2n) is 6.24. The van der Waals surface area contributed by atoms with Gasteiger partial charge < -0.3 is 15.7 Å². The van der Waals surface area contributed by atoms with Crippen LogP contribution in [0.1, 0.15) is 37.1 Å². The van der Waals surface area contributed by atoms with Crippen molar-refractivity contribution in [3.8, 4) is 0 Å². The summed E-state index contributed by atoms with van der Waals surface area (Å²) >= 11 is 1.84. The first-order valence-electron chi connectivity index (χ1n) is 8.01. The van der Waals surface area contributed by atoms with E-state index in [0.29, 0.717) is 6.54 Å². The minimum Gasteiger partial charge on any atom is -0.394 e.